The molecule has 0 atom stereocenters. The van der Waals surface area contributed by atoms with Gasteiger partial charge in [-0.05, 0) is 24.7 Å². The Bertz CT molecular complexity index is 507. The Labute approximate surface area is 92.3 Å². The average Bonchev–Trinajstić information content (AvgIpc) is 2.63. The Balaban J connectivity index is 2.11. The van der Waals surface area contributed by atoms with Gasteiger partial charge >= 0.3 is 5.97 Å². The second kappa shape index (κ2) is 4.32. The Morgan fingerprint density at radius 2 is 2.38 bits per heavy atom. The number of nitrogens with zero attached hydrogens (tertiary/aromatic N) is 2. The lowest BCUT2D eigenvalue weighted by molar-refractivity contribution is -0.138. The molecule has 16 heavy (non-hydrogen) atoms. The number of hydrogen-bond donors (Lipinski definition) is 1. The fraction of sp³-hybridized carbons (Fsp3) is 0.273. The van der Waals surface area contributed by atoms with E-state index in [9.17, 15) is 4.79 Å². The molecule has 1 aromatic heterocycles. The molecular weight excluding hydrogens is 208 g/mol. The van der Waals surface area contributed by atoms with E-state index in [1.54, 1.807) is 11.9 Å². The van der Waals surface area contributed by atoms with Crippen LogP contribution in [0.15, 0.2) is 29.0 Å². The highest BCUT2D eigenvalue weighted by Gasteiger charge is 2.06. The van der Waals surface area contributed by atoms with Crippen LogP contribution in [0, 0.1) is 0 Å². The van der Waals surface area contributed by atoms with Crippen LogP contribution in [0.4, 0.5) is 0 Å². The van der Waals surface area contributed by atoms with Gasteiger partial charge in [-0.3, -0.25) is 9.69 Å². The third-order valence-corrected chi connectivity index (χ3v) is 2.25. The van der Waals surface area contributed by atoms with Gasteiger partial charge in [0.2, 0.25) is 0 Å². The maximum Gasteiger partial charge on any atom is 0.317 e. The van der Waals surface area contributed by atoms with Gasteiger partial charge in [0.1, 0.15) is 5.52 Å². The molecule has 0 bridgehead atoms. The van der Waals surface area contributed by atoms with E-state index in [-0.39, 0.29) is 6.54 Å². The summed E-state index contributed by atoms with van der Waals surface area (Å²) in [5, 5.41) is 8.63. The Hall–Kier alpha value is -1.88. The molecular formula is C11H12N2O3. The van der Waals surface area contributed by atoms with Crippen molar-refractivity contribution in [3.8, 4) is 0 Å². The van der Waals surface area contributed by atoms with E-state index in [0.717, 1.165) is 16.7 Å². The third-order valence-electron chi connectivity index (χ3n) is 2.25. The van der Waals surface area contributed by atoms with Crippen LogP contribution in [-0.4, -0.2) is 34.6 Å². The minimum absolute atomic E-state index is 0.0223. The molecule has 5 heteroatoms. The molecule has 5 nitrogen and oxygen atoms in total. The number of aromatic nitrogens is 1. The molecule has 2 rings (SSSR count). The standard InChI is InChI=1S/C11H12N2O3/c1-13(6-11(14)15)5-8-2-3-9-10(4-8)16-7-12-9/h2-4,7H,5-6H2,1H3,(H,14,15). The first-order valence-electron chi connectivity index (χ1n) is 4.87. The molecule has 1 aromatic carbocycles. The molecule has 1 N–H and O–H groups in total. The Morgan fingerprint density at radius 3 is 3.12 bits per heavy atom. The summed E-state index contributed by atoms with van der Waals surface area (Å²) in [5.41, 5.74) is 2.54. The zero-order chi connectivity index (χ0) is 11.5. The summed E-state index contributed by atoms with van der Waals surface area (Å²) in [6.45, 7) is 0.595. The van der Waals surface area contributed by atoms with Gasteiger partial charge in [-0.2, -0.15) is 0 Å². The van der Waals surface area contributed by atoms with Crippen molar-refractivity contribution in [2.24, 2.45) is 0 Å². The molecule has 0 aliphatic heterocycles. The number of carboxylic acids is 1. The van der Waals surface area contributed by atoms with Crippen molar-refractivity contribution in [1.82, 2.24) is 9.88 Å². The van der Waals surface area contributed by atoms with Crippen LogP contribution in [0.5, 0.6) is 0 Å². The molecule has 0 spiro atoms. The SMILES string of the molecule is CN(CC(=O)O)Cc1ccc2ncoc2c1. The van der Waals surface area contributed by atoms with Crippen LogP contribution >= 0.6 is 0 Å². The molecule has 0 radical (unpaired) electrons. The first kappa shape index (κ1) is 10.6. The minimum atomic E-state index is -0.830. The Kier molecular flexibility index (Phi) is 2.87. The number of hydrogen-bond acceptors (Lipinski definition) is 4. The van der Waals surface area contributed by atoms with Crippen LogP contribution in [0.3, 0.4) is 0 Å². The number of benzene rings is 1. The van der Waals surface area contributed by atoms with E-state index >= 15 is 0 Å². The van der Waals surface area contributed by atoms with Crippen LogP contribution in [-0.2, 0) is 11.3 Å². The van der Waals surface area contributed by atoms with E-state index in [1.165, 1.54) is 6.39 Å². The summed E-state index contributed by atoms with van der Waals surface area (Å²) in [6, 6.07) is 5.66. The smallest absolute Gasteiger partial charge is 0.317 e. The molecule has 0 saturated carbocycles. The van der Waals surface area contributed by atoms with E-state index in [0.29, 0.717) is 6.54 Å². The highest BCUT2D eigenvalue weighted by atomic mass is 16.4. The van der Waals surface area contributed by atoms with Crippen molar-refractivity contribution in [1.29, 1.82) is 0 Å². The predicted octanol–water partition coefficient (Wildman–Crippen LogP) is 1.34. The topological polar surface area (TPSA) is 66.6 Å². The zero-order valence-corrected chi connectivity index (χ0v) is 8.88. The van der Waals surface area contributed by atoms with Gasteiger partial charge in [0, 0.05) is 6.54 Å². The monoisotopic (exact) mass is 220 g/mol. The summed E-state index contributed by atoms with van der Waals surface area (Å²) < 4.78 is 5.18. The number of carboxylic acid groups (broad SMARTS) is 1. The van der Waals surface area contributed by atoms with Crippen molar-refractivity contribution in [2.45, 2.75) is 6.54 Å². The average molecular weight is 220 g/mol. The number of fused-ring (bicyclic) bond motifs is 1. The normalized spacial score (nSPS) is 11.1. The summed E-state index contributed by atoms with van der Waals surface area (Å²) in [7, 11) is 1.76. The van der Waals surface area contributed by atoms with Gasteiger partial charge in [0.05, 0.1) is 6.54 Å². The quantitative estimate of drug-likeness (QED) is 0.842. The van der Waals surface area contributed by atoms with Gasteiger partial charge in [-0.25, -0.2) is 4.98 Å². The molecule has 0 fully saturated rings. The van der Waals surface area contributed by atoms with E-state index < -0.39 is 5.97 Å². The van der Waals surface area contributed by atoms with Crippen LogP contribution in [0.1, 0.15) is 5.56 Å². The molecule has 0 unspecified atom stereocenters. The molecule has 0 amide bonds. The van der Waals surface area contributed by atoms with Gasteiger partial charge in [-0.1, -0.05) is 6.07 Å². The molecule has 0 aliphatic carbocycles. The Morgan fingerprint density at radius 1 is 1.56 bits per heavy atom. The summed E-state index contributed by atoms with van der Waals surface area (Å²) in [5.74, 6) is -0.830. The van der Waals surface area contributed by atoms with E-state index in [4.69, 9.17) is 9.52 Å². The van der Waals surface area contributed by atoms with Crippen molar-refractivity contribution in [2.75, 3.05) is 13.6 Å². The maximum absolute atomic E-state index is 10.5. The van der Waals surface area contributed by atoms with Crippen molar-refractivity contribution < 1.29 is 14.3 Å². The van der Waals surface area contributed by atoms with Gasteiger partial charge in [0.25, 0.3) is 0 Å². The molecule has 0 saturated heterocycles. The van der Waals surface area contributed by atoms with Crippen molar-refractivity contribution in [3.63, 3.8) is 0 Å². The van der Waals surface area contributed by atoms with Gasteiger partial charge in [0.15, 0.2) is 12.0 Å². The fourth-order valence-electron chi connectivity index (χ4n) is 1.60. The highest BCUT2D eigenvalue weighted by Crippen LogP contribution is 2.15. The van der Waals surface area contributed by atoms with Crippen molar-refractivity contribution >= 4 is 17.1 Å². The molecule has 2 aromatic rings. The lowest BCUT2D eigenvalue weighted by atomic mass is 10.2. The fourth-order valence-corrected chi connectivity index (χ4v) is 1.60. The van der Waals surface area contributed by atoms with E-state index in [2.05, 4.69) is 4.98 Å². The molecule has 1 heterocycles. The van der Waals surface area contributed by atoms with Crippen LogP contribution in [0.2, 0.25) is 0 Å². The number of oxazole rings is 1. The van der Waals surface area contributed by atoms with Crippen molar-refractivity contribution in [3.05, 3.63) is 30.2 Å². The van der Waals surface area contributed by atoms with Crippen LogP contribution in [0.25, 0.3) is 11.1 Å². The summed E-state index contributed by atoms with van der Waals surface area (Å²) >= 11 is 0. The number of aliphatic carboxylic acids is 1. The third kappa shape index (κ3) is 2.38. The zero-order valence-electron chi connectivity index (χ0n) is 8.88. The van der Waals surface area contributed by atoms with Crippen LogP contribution < -0.4 is 0 Å². The lowest BCUT2D eigenvalue weighted by Gasteiger charge is -2.13. The summed E-state index contributed by atoms with van der Waals surface area (Å²) in [4.78, 5) is 16.2. The summed E-state index contributed by atoms with van der Waals surface area (Å²) in [6.07, 6.45) is 1.40. The highest BCUT2D eigenvalue weighted by molar-refractivity contribution is 5.72. The molecule has 0 aliphatic rings. The number of likely N-dealkylation sites (N-methyl/N-ethyl adjacent to an activating group) is 1. The van der Waals surface area contributed by atoms with Gasteiger partial charge < -0.3 is 9.52 Å². The van der Waals surface area contributed by atoms with Gasteiger partial charge in [-0.15, -0.1) is 0 Å². The predicted molar refractivity (Wildman–Crippen MR) is 58.0 cm³/mol. The molecule has 84 valence electrons. The largest absolute Gasteiger partial charge is 0.480 e. The number of rotatable bonds is 4. The minimum Gasteiger partial charge on any atom is -0.480 e. The maximum atomic E-state index is 10.5. The first-order chi connectivity index (χ1) is 7.65. The second-order valence-electron chi connectivity index (χ2n) is 3.72. The second-order valence-corrected chi connectivity index (χ2v) is 3.72. The first-order valence-corrected chi connectivity index (χ1v) is 4.87. The van der Waals surface area contributed by atoms with E-state index in [1.807, 2.05) is 18.2 Å². The number of carbonyl (C=O) groups is 1. The lowest BCUT2D eigenvalue weighted by Crippen LogP contribution is -2.25.